The molecule has 2 heterocycles. The number of aromatic carboxylic acids is 1. The predicted octanol–water partition coefficient (Wildman–Crippen LogP) is 6.92. The summed E-state index contributed by atoms with van der Waals surface area (Å²) in [6, 6.07) is 11.3. The molecule has 1 N–H and O–H groups in total. The highest BCUT2D eigenvalue weighted by molar-refractivity contribution is 6.08. The Morgan fingerprint density at radius 2 is 1.63 bits per heavy atom. The van der Waals surface area contributed by atoms with Gasteiger partial charge in [-0.3, -0.25) is 0 Å². The first-order valence-corrected chi connectivity index (χ1v) is 14.1. The number of hydrogen-bond donors (Lipinski definition) is 1. The Morgan fingerprint density at radius 1 is 0.951 bits per heavy atom. The smallest absolute Gasteiger partial charge is 0.336 e. The number of alkyl halides is 3. The van der Waals surface area contributed by atoms with Gasteiger partial charge in [0.15, 0.2) is 18.8 Å². The van der Waals surface area contributed by atoms with Crippen molar-refractivity contribution in [2.75, 3.05) is 31.1 Å². The monoisotopic (exact) mass is 561 g/mol. The van der Waals surface area contributed by atoms with E-state index >= 15 is 0 Å². The van der Waals surface area contributed by atoms with Crippen molar-refractivity contribution in [2.24, 2.45) is 0 Å². The Bertz CT molecular complexity index is 1620. The van der Waals surface area contributed by atoms with E-state index in [4.69, 9.17) is 0 Å². The van der Waals surface area contributed by atoms with Crippen LogP contribution in [-0.2, 0) is 10.8 Å². The van der Waals surface area contributed by atoms with Crippen molar-refractivity contribution < 1.29 is 27.6 Å². The van der Waals surface area contributed by atoms with Crippen LogP contribution >= 0.6 is 0 Å². The molecule has 0 unspecified atom stereocenters. The highest BCUT2D eigenvalue weighted by Crippen LogP contribution is 2.52. The Balaban J connectivity index is 1.62. The number of nitrogens with zero attached hydrogens (tertiary/aromatic N) is 2. The van der Waals surface area contributed by atoms with Crippen LogP contribution in [0.5, 0.6) is 0 Å². The molecule has 4 nitrogen and oxygen atoms in total. The van der Waals surface area contributed by atoms with Gasteiger partial charge in [0.25, 0.3) is 5.92 Å². The number of anilines is 1. The van der Waals surface area contributed by atoms with Gasteiger partial charge in [-0.05, 0) is 81.7 Å². The van der Waals surface area contributed by atoms with Crippen LogP contribution in [0.25, 0.3) is 5.57 Å². The molecule has 214 valence electrons. The second-order valence-corrected chi connectivity index (χ2v) is 13.8. The minimum atomic E-state index is -2.70. The summed E-state index contributed by atoms with van der Waals surface area (Å²) in [7, 11) is 0. The third-order valence-corrected chi connectivity index (χ3v) is 8.89. The van der Waals surface area contributed by atoms with E-state index in [0.717, 1.165) is 44.8 Å². The zero-order valence-electron chi connectivity index (χ0n) is 24.4. The molecule has 0 aromatic heterocycles. The first kappa shape index (κ1) is 27.6. The normalized spacial score (nSPS) is 24.3. The van der Waals surface area contributed by atoms with Crippen molar-refractivity contribution >= 4 is 22.9 Å². The van der Waals surface area contributed by atoms with E-state index in [1.165, 1.54) is 0 Å². The molecule has 2 fully saturated rings. The number of allylic oxidation sites excluding steroid dienone is 5. The van der Waals surface area contributed by atoms with Crippen LogP contribution in [0, 0.1) is 0 Å². The summed E-state index contributed by atoms with van der Waals surface area (Å²) in [6.07, 6.45) is 6.10. The van der Waals surface area contributed by atoms with Gasteiger partial charge in [-0.2, -0.15) is 0 Å². The van der Waals surface area contributed by atoms with Crippen molar-refractivity contribution in [1.29, 1.82) is 0 Å². The molecule has 4 aliphatic rings. The first-order valence-electron chi connectivity index (χ1n) is 14.1. The summed E-state index contributed by atoms with van der Waals surface area (Å²) in [5, 5.41) is 10.3. The summed E-state index contributed by atoms with van der Waals surface area (Å²) in [6.45, 7) is 12.1. The van der Waals surface area contributed by atoms with Crippen LogP contribution in [0.3, 0.4) is 0 Å². The second-order valence-electron chi connectivity index (χ2n) is 13.8. The van der Waals surface area contributed by atoms with E-state index in [-0.39, 0.29) is 24.1 Å². The number of halogens is 3. The molecule has 2 saturated heterocycles. The molecular weight excluding hydrogens is 525 g/mol. The highest BCUT2D eigenvalue weighted by atomic mass is 19.3. The summed E-state index contributed by atoms with van der Waals surface area (Å²) >= 11 is 0. The Hall–Kier alpha value is -3.61. The topological polar surface area (TPSA) is 43.6 Å². The van der Waals surface area contributed by atoms with Crippen LogP contribution in [0.2, 0.25) is 0 Å². The minimum Gasteiger partial charge on any atom is -0.478 e. The fraction of sp³-hybridized carbons (Fsp3) is 0.412. The molecule has 0 spiro atoms. The maximum Gasteiger partial charge on any atom is 0.336 e. The maximum atomic E-state index is 14.4. The second kappa shape index (κ2) is 8.70. The van der Waals surface area contributed by atoms with Gasteiger partial charge in [-0.25, -0.2) is 22.5 Å². The summed E-state index contributed by atoms with van der Waals surface area (Å²) in [4.78, 5) is 14.2. The largest absolute Gasteiger partial charge is 0.478 e. The van der Waals surface area contributed by atoms with Gasteiger partial charge in [0, 0.05) is 23.3 Å². The molecule has 0 bridgehead atoms. The van der Waals surface area contributed by atoms with Crippen LogP contribution in [0.1, 0.15) is 74.2 Å². The molecule has 2 aliphatic heterocycles. The van der Waals surface area contributed by atoms with Crippen molar-refractivity contribution in [3.63, 3.8) is 0 Å². The number of carboxylic acid groups (broad SMARTS) is 1. The lowest BCUT2D eigenvalue weighted by atomic mass is 9.63. The van der Waals surface area contributed by atoms with E-state index in [1.54, 1.807) is 17.9 Å². The average molecular weight is 562 g/mol. The number of hydrogen-bond acceptors (Lipinski definition) is 2. The average Bonchev–Trinajstić information content (AvgIpc) is 2.85. The van der Waals surface area contributed by atoms with E-state index in [0.29, 0.717) is 18.7 Å². The quantitative estimate of drug-likeness (QED) is 0.414. The van der Waals surface area contributed by atoms with Gasteiger partial charge >= 0.3 is 5.97 Å². The Kier molecular flexibility index (Phi) is 5.85. The summed E-state index contributed by atoms with van der Waals surface area (Å²) in [5.41, 5.74) is 6.07. The number of rotatable bonds is 3. The van der Waals surface area contributed by atoms with Gasteiger partial charge < -0.3 is 10.0 Å². The van der Waals surface area contributed by atoms with Gasteiger partial charge in [0.05, 0.1) is 18.7 Å². The van der Waals surface area contributed by atoms with Crippen molar-refractivity contribution in [3.05, 3.63) is 93.6 Å². The van der Waals surface area contributed by atoms with E-state index in [1.807, 2.05) is 47.1 Å². The van der Waals surface area contributed by atoms with Gasteiger partial charge in [-0.1, -0.05) is 46.8 Å². The lowest BCUT2D eigenvalue weighted by molar-refractivity contribution is -0.619. The lowest BCUT2D eigenvalue weighted by Gasteiger charge is -2.43. The molecule has 0 radical (unpaired) electrons. The molecule has 2 aromatic carbocycles. The molecular formula is C34H36F3N2O2+. The highest BCUT2D eigenvalue weighted by Gasteiger charge is 2.48. The van der Waals surface area contributed by atoms with Crippen LogP contribution in [-0.4, -0.2) is 59.1 Å². The van der Waals surface area contributed by atoms with Gasteiger partial charge in [0.1, 0.15) is 0 Å². The van der Waals surface area contributed by atoms with E-state index < -0.39 is 23.0 Å². The lowest BCUT2D eigenvalue weighted by Crippen LogP contribution is -2.56. The van der Waals surface area contributed by atoms with Crippen LogP contribution in [0.4, 0.5) is 18.9 Å². The first-order chi connectivity index (χ1) is 19.0. The third-order valence-electron chi connectivity index (χ3n) is 8.89. The van der Waals surface area contributed by atoms with E-state index in [9.17, 15) is 23.1 Å². The third kappa shape index (κ3) is 4.54. The number of benzene rings is 2. The SMILES string of the molecule is CC1(F)C[N+](=C2C=CC3=C(c4cc(C(C)(C)C)ccc4C(=O)O)c4ccc(N5CC(F)(F)C5)cc4C(C)(C)C3=C2)C1. The summed E-state index contributed by atoms with van der Waals surface area (Å²) < 4.78 is 44.0. The van der Waals surface area contributed by atoms with Crippen LogP contribution in [0.15, 0.2) is 65.8 Å². The van der Waals surface area contributed by atoms with Crippen LogP contribution < -0.4 is 4.90 Å². The predicted molar refractivity (Wildman–Crippen MR) is 156 cm³/mol. The van der Waals surface area contributed by atoms with Crippen molar-refractivity contribution in [1.82, 2.24) is 0 Å². The molecule has 6 rings (SSSR count). The van der Waals surface area contributed by atoms with Crippen molar-refractivity contribution in [3.8, 4) is 0 Å². The van der Waals surface area contributed by atoms with E-state index in [2.05, 4.69) is 40.7 Å². The summed E-state index contributed by atoms with van der Waals surface area (Å²) in [5.74, 6) is -3.71. The molecule has 2 aromatic rings. The molecule has 7 heteroatoms. The fourth-order valence-electron chi connectivity index (χ4n) is 6.54. The maximum absolute atomic E-state index is 14.4. The standard InChI is InChI=1S/C34H35F3N2O2/c1-31(2,3)20-7-10-23(30(40)41)26(13-20)29-24-11-8-21(38-16-33(6,35)17-38)14-27(24)32(4,5)28-15-22(9-12-25(28)29)39-18-34(36,37)19-39/h7-15H,16-19H2,1-6H3/p+1. The zero-order valence-corrected chi connectivity index (χ0v) is 24.4. The van der Waals surface area contributed by atoms with Gasteiger partial charge in [-0.15, -0.1) is 0 Å². The Labute approximate surface area is 239 Å². The molecule has 41 heavy (non-hydrogen) atoms. The van der Waals surface area contributed by atoms with Gasteiger partial charge in [0.2, 0.25) is 5.67 Å². The van der Waals surface area contributed by atoms with Crippen molar-refractivity contribution in [2.45, 2.75) is 64.0 Å². The fourth-order valence-corrected chi connectivity index (χ4v) is 6.54. The molecule has 2 aliphatic carbocycles. The molecule has 0 atom stereocenters. The minimum absolute atomic E-state index is 0.205. The Morgan fingerprint density at radius 3 is 2.22 bits per heavy atom. The zero-order chi connectivity index (χ0) is 29.7. The number of carboxylic acids is 1. The number of carbonyl (C=O) groups is 1. The number of fused-ring (bicyclic) bond motifs is 2. The molecule has 0 saturated carbocycles. The molecule has 0 amide bonds.